The molecule has 0 amide bonds. The zero-order valence-corrected chi connectivity index (χ0v) is 9.10. The predicted octanol–water partition coefficient (Wildman–Crippen LogP) is 1.03. The molecule has 0 radical (unpaired) electrons. The van der Waals surface area contributed by atoms with Crippen molar-refractivity contribution in [3.8, 4) is 0 Å². The van der Waals surface area contributed by atoms with Crippen LogP contribution in [0.3, 0.4) is 0 Å². The van der Waals surface area contributed by atoms with Gasteiger partial charge in [-0.05, 0) is 13.5 Å². The van der Waals surface area contributed by atoms with Gasteiger partial charge in [-0.25, -0.2) is 9.78 Å². The summed E-state index contributed by atoms with van der Waals surface area (Å²) >= 11 is 0. The van der Waals surface area contributed by atoms with Crippen molar-refractivity contribution in [3.63, 3.8) is 0 Å². The molecular weight excluding hydrogens is 194 g/mol. The van der Waals surface area contributed by atoms with Crippen molar-refractivity contribution in [1.29, 1.82) is 0 Å². The lowest BCUT2D eigenvalue weighted by atomic mass is 10.2. The Balaban J connectivity index is 2.77. The summed E-state index contributed by atoms with van der Waals surface area (Å²) in [6.45, 7) is 2.63. The van der Waals surface area contributed by atoms with Crippen LogP contribution >= 0.6 is 0 Å². The largest absolute Gasteiger partial charge is 0.480 e. The van der Waals surface area contributed by atoms with Gasteiger partial charge in [-0.1, -0.05) is 13.3 Å². The van der Waals surface area contributed by atoms with Gasteiger partial charge in [-0.15, -0.1) is 0 Å². The molecule has 0 aliphatic rings. The number of nitrogens with one attached hydrogen (secondary N) is 1. The Bertz CT molecular complexity index is 322. The maximum Gasteiger partial charge on any atom is 0.326 e. The van der Waals surface area contributed by atoms with E-state index in [4.69, 9.17) is 5.11 Å². The highest BCUT2D eigenvalue weighted by Gasteiger charge is 2.18. The van der Waals surface area contributed by atoms with Crippen LogP contribution in [-0.2, 0) is 11.3 Å². The van der Waals surface area contributed by atoms with E-state index in [0.717, 1.165) is 12.1 Å². The van der Waals surface area contributed by atoms with E-state index in [1.807, 2.05) is 14.0 Å². The molecule has 1 aromatic heterocycles. The lowest BCUT2D eigenvalue weighted by molar-refractivity contribution is -0.141. The van der Waals surface area contributed by atoms with Crippen molar-refractivity contribution >= 4 is 5.97 Å². The topological polar surface area (TPSA) is 67.1 Å². The zero-order chi connectivity index (χ0) is 11.3. The van der Waals surface area contributed by atoms with Crippen LogP contribution in [0.4, 0.5) is 0 Å². The fourth-order valence-electron chi connectivity index (χ4n) is 1.50. The Kier molecular flexibility index (Phi) is 4.30. The molecule has 0 saturated carbocycles. The number of nitrogens with zero attached hydrogens (tertiary/aromatic N) is 2. The average molecular weight is 211 g/mol. The van der Waals surface area contributed by atoms with Gasteiger partial charge in [0, 0.05) is 12.7 Å². The van der Waals surface area contributed by atoms with E-state index in [1.165, 1.54) is 0 Å². The van der Waals surface area contributed by atoms with Crippen molar-refractivity contribution in [2.24, 2.45) is 0 Å². The molecule has 0 aromatic carbocycles. The molecule has 0 aliphatic carbocycles. The first-order valence-corrected chi connectivity index (χ1v) is 5.08. The van der Waals surface area contributed by atoms with Crippen molar-refractivity contribution < 1.29 is 9.90 Å². The van der Waals surface area contributed by atoms with Crippen LogP contribution in [0.2, 0.25) is 0 Å². The fourth-order valence-corrected chi connectivity index (χ4v) is 1.50. The quantitative estimate of drug-likeness (QED) is 0.737. The van der Waals surface area contributed by atoms with Crippen molar-refractivity contribution in [2.45, 2.75) is 32.4 Å². The molecule has 84 valence electrons. The van der Waals surface area contributed by atoms with E-state index >= 15 is 0 Å². The average Bonchev–Trinajstić information content (AvgIpc) is 2.62. The molecule has 0 aliphatic heterocycles. The van der Waals surface area contributed by atoms with Gasteiger partial charge in [-0.2, -0.15) is 0 Å². The van der Waals surface area contributed by atoms with E-state index in [-0.39, 0.29) is 0 Å². The van der Waals surface area contributed by atoms with Gasteiger partial charge in [0.1, 0.15) is 6.04 Å². The molecule has 1 atom stereocenters. The molecule has 1 heterocycles. The number of carboxylic acid groups (broad SMARTS) is 1. The molecule has 1 aromatic rings. The molecule has 2 N–H and O–H groups in total. The normalized spacial score (nSPS) is 12.7. The molecule has 5 nitrogen and oxygen atoms in total. The Hall–Kier alpha value is -1.36. The Labute approximate surface area is 89.1 Å². The van der Waals surface area contributed by atoms with E-state index in [0.29, 0.717) is 13.0 Å². The minimum absolute atomic E-state index is 0.492. The summed E-state index contributed by atoms with van der Waals surface area (Å²) in [6.07, 6.45) is 4.84. The summed E-state index contributed by atoms with van der Waals surface area (Å²) < 4.78 is 1.67. The summed E-state index contributed by atoms with van der Waals surface area (Å²) in [5, 5.41) is 12.0. The number of hydrogen-bond acceptors (Lipinski definition) is 3. The summed E-state index contributed by atoms with van der Waals surface area (Å²) in [6, 6.07) is -0.492. The summed E-state index contributed by atoms with van der Waals surface area (Å²) in [7, 11) is 1.83. The predicted molar refractivity (Wildman–Crippen MR) is 56.6 cm³/mol. The van der Waals surface area contributed by atoms with Gasteiger partial charge in [0.25, 0.3) is 0 Å². The first kappa shape index (κ1) is 11.7. The van der Waals surface area contributed by atoms with Gasteiger partial charge >= 0.3 is 5.97 Å². The van der Waals surface area contributed by atoms with Crippen LogP contribution < -0.4 is 5.32 Å². The van der Waals surface area contributed by atoms with E-state index in [9.17, 15) is 4.79 Å². The minimum Gasteiger partial charge on any atom is -0.480 e. The summed E-state index contributed by atoms with van der Waals surface area (Å²) in [4.78, 5) is 15.1. The molecule has 0 bridgehead atoms. The number of imidazole rings is 1. The Morgan fingerprint density at radius 3 is 3.00 bits per heavy atom. The standard InChI is InChI=1S/C10H17N3O2/c1-3-4-9(10(14)15)13-6-8(5-11-2)12-7-13/h6-7,9,11H,3-5H2,1-2H3,(H,14,15). The zero-order valence-electron chi connectivity index (χ0n) is 9.10. The number of carbonyl (C=O) groups is 1. The molecule has 0 spiro atoms. The lowest BCUT2D eigenvalue weighted by Crippen LogP contribution is -2.17. The maximum absolute atomic E-state index is 11.0. The molecule has 15 heavy (non-hydrogen) atoms. The third-order valence-corrected chi connectivity index (χ3v) is 2.22. The second-order valence-corrected chi connectivity index (χ2v) is 3.49. The first-order valence-electron chi connectivity index (χ1n) is 5.08. The van der Waals surface area contributed by atoms with Crippen LogP contribution in [0.1, 0.15) is 31.5 Å². The van der Waals surface area contributed by atoms with Gasteiger partial charge < -0.3 is 15.0 Å². The lowest BCUT2D eigenvalue weighted by Gasteiger charge is -2.11. The van der Waals surface area contributed by atoms with E-state index in [2.05, 4.69) is 10.3 Å². The first-order chi connectivity index (χ1) is 7.19. The van der Waals surface area contributed by atoms with Crippen LogP contribution in [0.15, 0.2) is 12.5 Å². The SMILES string of the molecule is CCCC(C(=O)O)n1cnc(CNC)c1. The third-order valence-electron chi connectivity index (χ3n) is 2.22. The highest BCUT2D eigenvalue weighted by Crippen LogP contribution is 2.14. The van der Waals surface area contributed by atoms with Gasteiger partial charge in [-0.3, -0.25) is 0 Å². The molecule has 1 rings (SSSR count). The van der Waals surface area contributed by atoms with E-state index in [1.54, 1.807) is 17.1 Å². The van der Waals surface area contributed by atoms with Crippen LogP contribution in [0.5, 0.6) is 0 Å². The summed E-state index contributed by atoms with van der Waals surface area (Å²) in [5.74, 6) is -0.801. The smallest absolute Gasteiger partial charge is 0.326 e. The Morgan fingerprint density at radius 2 is 2.47 bits per heavy atom. The number of aromatic nitrogens is 2. The number of hydrogen-bond donors (Lipinski definition) is 2. The van der Waals surface area contributed by atoms with Gasteiger partial charge in [0.2, 0.25) is 0 Å². The Morgan fingerprint density at radius 1 is 1.73 bits per heavy atom. The van der Waals surface area contributed by atoms with Crippen LogP contribution in [-0.4, -0.2) is 27.7 Å². The molecule has 0 fully saturated rings. The highest BCUT2D eigenvalue weighted by molar-refractivity contribution is 5.71. The minimum atomic E-state index is -0.801. The van der Waals surface area contributed by atoms with Crippen LogP contribution in [0, 0.1) is 0 Å². The highest BCUT2D eigenvalue weighted by atomic mass is 16.4. The second kappa shape index (κ2) is 5.50. The third kappa shape index (κ3) is 3.06. The second-order valence-electron chi connectivity index (χ2n) is 3.49. The maximum atomic E-state index is 11.0. The monoisotopic (exact) mass is 211 g/mol. The summed E-state index contributed by atoms with van der Waals surface area (Å²) in [5.41, 5.74) is 0.861. The van der Waals surface area contributed by atoms with Crippen molar-refractivity contribution in [2.75, 3.05) is 7.05 Å². The van der Waals surface area contributed by atoms with Crippen molar-refractivity contribution in [3.05, 3.63) is 18.2 Å². The van der Waals surface area contributed by atoms with Gasteiger partial charge in [0.05, 0.1) is 12.0 Å². The molecule has 0 saturated heterocycles. The molecule has 1 unspecified atom stereocenters. The number of aliphatic carboxylic acids is 1. The van der Waals surface area contributed by atoms with Crippen LogP contribution in [0.25, 0.3) is 0 Å². The van der Waals surface area contributed by atoms with Gasteiger partial charge in [0.15, 0.2) is 0 Å². The molecular formula is C10H17N3O2. The number of carboxylic acids is 1. The van der Waals surface area contributed by atoms with Crippen molar-refractivity contribution in [1.82, 2.24) is 14.9 Å². The number of rotatable bonds is 6. The molecule has 5 heteroatoms. The van der Waals surface area contributed by atoms with E-state index < -0.39 is 12.0 Å². The fraction of sp³-hybridized carbons (Fsp3) is 0.600.